The van der Waals surface area contributed by atoms with Crippen LogP contribution < -0.4 is 0 Å². The van der Waals surface area contributed by atoms with Gasteiger partial charge in [0.25, 0.3) is 10.1 Å². The molecule has 0 aliphatic rings. The summed E-state index contributed by atoms with van der Waals surface area (Å²) in [5, 5.41) is 0. The Morgan fingerprint density at radius 1 is 1.23 bits per heavy atom. The monoisotopic (exact) mass is 200 g/mol. The first-order valence-corrected chi connectivity index (χ1v) is 5.40. The molecule has 0 radical (unpaired) electrons. The first-order chi connectivity index (χ1) is 6.10. The molecule has 0 heterocycles. The number of aryl methyl sites for hydroxylation is 1. The zero-order chi connectivity index (χ0) is 9.90. The molecule has 0 N–H and O–H groups in total. The molecule has 0 spiro atoms. The fraction of sp³-hybridized carbons (Fsp3) is 0.333. The largest absolute Gasteiger partial charge is 0.296 e. The summed E-state index contributed by atoms with van der Waals surface area (Å²) in [6.07, 6.45) is 0.896. The van der Waals surface area contributed by atoms with Crippen LogP contribution in [-0.2, 0) is 20.7 Å². The van der Waals surface area contributed by atoms with Crippen LogP contribution in [-0.4, -0.2) is 15.5 Å². The molecule has 0 aliphatic heterocycles. The summed E-state index contributed by atoms with van der Waals surface area (Å²) in [6.45, 7) is 2.01. The van der Waals surface area contributed by atoms with E-state index in [0.717, 1.165) is 19.1 Å². The van der Waals surface area contributed by atoms with Crippen molar-refractivity contribution in [3.05, 3.63) is 29.8 Å². The van der Waals surface area contributed by atoms with Crippen molar-refractivity contribution < 1.29 is 12.6 Å². The highest BCUT2D eigenvalue weighted by Crippen LogP contribution is 2.12. The predicted octanol–water partition coefficient (Wildman–Crippen LogP) is 1.58. The summed E-state index contributed by atoms with van der Waals surface area (Å²) >= 11 is 0. The average molecular weight is 200 g/mol. The number of hydrogen-bond donors (Lipinski definition) is 0. The number of hydrogen-bond acceptors (Lipinski definition) is 3. The van der Waals surface area contributed by atoms with Gasteiger partial charge in [0.15, 0.2) is 0 Å². The van der Waals surface area contributed by atoms with E-state index >= 15 is 0 Å². The van der Waals surface area contributed by atoms with E-state index in [1.165, 1.54) is 0 Å². The van der Waals surface area contributed by atoms with Crippen molar-refractivity contribution in [3.8, 4) is 0 Å². The van der Waals surface area contributed by atoms with Gasteiger partial charge in [-0.2, -0.15) is 8.42 Å². The highest BCUT2D eigenvalue weighted by Gasteiger charge is 2.11. The van der Waals surface area contributed by atoms with E-state index in [-0.39, 0.29) is 4.90 Å². The van der Waals surface area contributed by atoms with Gasteiger partial charge in [0.1, 0.15) is 0 Å². The maximum absolute atomic E-state index is 11.2. The topological polar surface area (TPSA) is 43.4 Å². The lowest BCUT2D eigenvalue weighted by Crippen LogP contribution is -2.02. The molecule has 0 saturated carbocycles. The summed E-state index contributed by atoms with van der Waals surface area (Å²) < 4.78 is 26.7. The third-order valence-electron chi connectivity index (χ3n) is 1.84. The van der Waals surface area contributed by atoms with Gasteiger partial charge >= 0.3 is 0 Å². The Balaban J connectivity index is 3.06. The van der Waals surface area contributed by atoms with Gasteiger partial charge < -0.3 is 0 Å². The van der Waals surface area contributed by atoms with Crippen LogP contribution in [0.5, 0.6) is 0 Å². The zero-order valence-corrected chi connectivity index (χ0v) is 8.47. The molecule has 4 heteroatoms. The minimum atomic E-state index is -3.52. The Morgan fingerprint density at radius 2 is 1.77 bits per heavy atom. The van der Waals surface area contributed by atoms with Crippen LogP contribution in [0, 0.1) is 0 Å². The summed E-state index contributed by atoms with van der Waals surface area (Å²) in [4.78, 5) is 0.201. The van der Waals surface area contributed by atoms with Crippen molar-refractivity contribution in [3.63, 3.8) is 0 Å². The molecular formula is C9H12O3S. The number of rotatable bonds is 3. The highest BCUT2D eigenvalue weighted by atomic mass is 32.2. The molecule has 1 aromatic carbocycles. The van der Waals surface area contributed by atoms with Crippen molar-refractivity contribution in [1.29, 1.82) is 0 Å². The fourth-order valence-corrected chi connectivity index (χ4v) is 1.65. The Morgan fingerprint density at radius 3 is 2.15 bits per heavy atom. The van der Waals surface area contributed by atoms with E-state index in [1.54, 1.807) is 24.3 Å². The molecule has 0 unspecified atom stereocenters. The molecule has 1 aromatic rings. The van der Waals surface area contributed by atoms with Gasteiger partial charge in [0, 0.05) is 0 Å². The molecule has 3 nitrogen and oxygen atoms in total. The standard InChI is InChI=1S/C9H12O3S/c1-3-8-4-6-9(7-5-8)13(10,11)12-2/h4-7H,3H2,1-2H3. The van der Waals surface area contributed by atoms with Gasteiger partial charge in [-0.05, 0) is 24.1 Å². The second-order valence-corrected chi connectivity index (χ2v) is 4.33. The van der Waals surface area contributed by atoms with Crippen LogP contribution in [0.3, 0.4) is 0 Å². The molecule has 0 atom stereocenters. The van der Waals surface area contributed by atoms with Crippen molar-refractivity contribution >= 4 is 10.1 Å². The van der Waals surface area contributed by atoms with Crippen molar-refractivity contribution in [2.45, 2.75) is 18.2 Å². The molecule has 0 bridgehead atoms. The smallest absolute Gasteiger partial charge is 0.270 e. The van der Waals surface area contributed by atoms with Crippen LogP contribution in [0.2, 0.25) is 0 Å². The summed E-state index contributed by atoms with van der Waals surface area (Å²) in [7, 11) is -2.37. The van der Waals surface area contributed by atoms with Crippen molar-refractivity contribution in [1.82, 2.24) is 0 Å². The molecule has 0 saturated heterocycles. The SMILES string of the molecule is CCc1ccc(S(=O)(=O)OC)cc1. The number of benzene rings is 1. The van der Waals surface area contributed by atoms with E-state index in [9.17, 15) is 8.42 Å². The third-order valence-corrected chi connectivity index (χ3v) is 3.13. The summed E-state index contributed by atoms with van der Waals surface area (Å²) in [6, 6.07) is 6.67. The van der Waals surface area contributed by atoms with E-state index in [4.69, 9.17) is 0 Å². The minimum Gasteiger partial charge on any atom is -0.270 e. The van der Waals surface area contributed by atoms with Gasteiger partial charge in [-0.3, -0.25) is 4.18 Å². The highest BCUT2D eigenvalue weighted by molar-refractivity contribution is 7.86. The van der Waals surface area contributed by atoms with Crippen LogP contribution in [0.1, 0.15) is 12.5 Å². The molecule has 13 heavy (non-hydrogen) atoms. The molecule has 0 fully saturated rings. The molecule has 1 rings (SSSR count). The van der Waals surface area contributed by atoms with Crippen LogP contribution in [0.15, 0.2) is 29.2 Å². The van der Waals surface area contributed by atoms with E-state index in [0.29, 0.717) is 0 Å². The maximum Gasteiger partial charge on any atom is 0.296 e. The maximum atomic E-state index is 11.2. The average Bonchev–Trinajstić information content (AvgIpc) is 2.18. The Hall–Kier alpha value is -0.870. The first-order valence-electron chi connectivity index (χ1n) is 3.99. The normalized spacial score (nSPS) is 11.5. The molecular weight excluding hydrogens is 188 g/mol. The van der Waals surface area contributed by atoms with Gasteiger partial charge in [-0.25, -0.2) is 0 Å². The first kappa shape index (κ1) is 10.2. The molecule has 0 aromatic heterocycles. The zero-order valence-electron chi connectivity index (χ0n) is 7.65. The second kappa shape index (κ2) is 3.89. The summed E-state index contributed by atoms with van der Waals surface area (Å²) in [5.41, 5.74) is 1.11. The van der Waals surface area contributed by atoms with Crippen LogP contribution >= 0.6 is 0 Å². The van der Waals surface area contributed by atoms with Gasteiger partial charge in [-0.1, -0.05) is 19.1 Å². The predicted molar refractivity (Wildman–Crippen MR) is 50.0 cm³/mol. The molecule has 72 valence electrons. The Labute approximate surface area is 78.5 Å². The van der Waals surface area contributed by atoms with Crippen molar-refractivity contribution in [2.24, 2.45) is 0 Å². The van der Waals surface area contributed by atoms with Gasteiger partial charge in [0.2, 0.25) is 0 Å². The van der Waals surface area contributed by atoms with Gasteiger partial charge in [0.05, 0.1) is 12.0 Å². The van der Waals surface area contributed by atoms with Crippen molar-refractivity contribution in [2.75, 3.05) is 7.11 Å². The lowest BCUT2D eigenvalue weighted by Gasteiger charge is -2.01. The lowest BCUT2D eigenvalue weighted by molar-refractivity contribution is 0.398. The third kappa shape index (κ3) is 2.29. The minimum absolute atomic E-state index is 0.201. The molecule has 0 amide bonds. The van der Waals surface area contributed by atoms with Crippen LogP contribution in [0.25, 0.3) is 0 Å². The molecule has 0 aliphatic carbocycles. The van der Waals surface area contributed by atoms with E-state index in [2.05, 4.69) is 4.18 Å². The van der Waals surface area contributed by atoms with Crippen LogP contribution in [0.4, 0.5) is 0 Å². The quantitative estimate of drug-likeness (QED) is 0.696. The van der Waals surface area contributed by atoms with Gasteiger partial charge in [-0.15, -0.1) is 0 Å². The Kier molecular flexibility index (Phi) is 3.06. The summed E-state index contributed by atoms with van der Waals surface area (Å²) in [5.74, 6) is 0. The fourth-order valence-electron chi connectivity index (χ4n) is 0.988. The second-order valence-electron chi connectivity index (χ2n) is 2.62. The lowest BCUT2D eigenvalue weighted by atomic mass is 10.2. The Bertz CT molecular complexity index is 364. The van der Waals surface area contributed by atoms with E-state index in [1.807, 2.05) is 6.92 Å². The van der Waals surface area contributed by atoms with E-state index < -0.39 is 10.1 Å².